The van der Waals surface area contributed by atoms with E-state index in [2.05, 4.69) is 23.8 Å². The van der Waals surface area contributed by atoms with Crippen LogP contribution in [0.15, 0.2) is 11.2 Å². The van der Waals surface area contributed by atoms with Crippen LogP contribution in [0.2, 0.25) is 5.15 Å². The third-order valence-electron chi connectivity index (χ3n) is 2.10. The highest BCUT2D eigenvalue weighted by molar-refractivity contribution is 7.98. The van der Waals surface area contributed by atoms with Gasteiger partial charge in [-0.05, 0) is 12.2 Å². The second kappa shape index (κ2) is 6.80. The lowest BCUT2D eigenvalue weighted by Gasteiger charge is -2.24. The summed E-state index contributed by atoms with van der Waals surface area (Å²) in [5.41, 5.74) is 5.25. The van der Waals surface area contributed by atoms with E-state index >= 15 is 0 Å². The molecule has 0 radical (unpaired) electrons. The molecule has 2 N–H and O–H groups in total. The third-order valence-corrected chi connectivity index (χ3v) is 2.84. The number of rotatable bonds is 6. The Bertz CT molecular complexity index is 428. The number of nitrogens with zero attached hydrogens (tertiary/aromatic N) is 3. The number of nitrogens with two attached hydrogens (primary N) is 1. The molecule has 0 saturated carbocycles. The first-order valence-corrected chi connectivity index (χ1v) is 7.14. The van der Waals surface area contributed by atoms with Crippen molar-refractivity contribution in [2.75, 3.05) is 24.2 Å². The molecule has 0 aliphatic rings. The molecule has 5 nitrogen and oxygen atoms in total. The number of carbonyl (C=O) groups is 1. The highest BCUT2D eigenvalue weighted by Crippen LogP contribution is 2.21. The number of halogens is 1. The summed E-state index contributed by atoms with van der Waals surface area (Å²) in [5.74, 6) is 0.624. The largest absolute Gasteiger partial charge is 0.368 e. The van der Waals surface area contributed by atoms with E-state index in [4.69, 9.17) is 17.3 Å². The Kier molecular flexibility index (Phi) is 5.68. The molecule has 1 aromatic heterocycles. The van der Waals surface area contributed by atoms with Crippen molar-refractivity contribution in [2.45, 2.75) is 19.0 Å². The van der Waals surface area contributed by atoms with Gasteiger partial charge in [-0.2, -0.15) is 0 Å². The minimum absolute atomic E-state index is 0.124. The number of aromatic nitrogens is 2. The summed E-state index contributed by atoms with van der Waals surface area (Å²) >= 11 is 7.34. The minimum Gasteiger partial charge on any atom is -0.368 e. The SMILES string of the molecule is CSc1nc(Cl)cc(N(CC(N)=O)CC(C)C)n1. The fourth-order valence-electron chi connectivity index (χ4n) is 1.51. The number of carbonyl (C=O) groups excluding carboxylic acids is 1. The van der Waals surface area contributed by atoms with E-state index < -0.39 is 5.91 Å². The highest BCUT2D eigenvalue weighted by Gasteiger charge is 2.14. The zero-order valence-corrected chi connectivity index (χ0v) is 12.3. The normalized spacial score (nSPS) is 10.7. The molecule has 0 aromatic carbocycles. The van der Waals surface area contributed by atoms with Crippen LogP contribution in [-0.4, -0.2) is 35.2 Å². The number of primary amides is 1. The van der Waals surface area contributed by atoms with Crippen molar-refractivity contribution in [3.8, 4) is 0 Å². The maximum absolute atomic E-state index is 11.1. The molecule has 0 atom stereocenters. The van der Waals surface area contributed by atoms with Gasteiger partial charge in [-0.1, -0.05) is 37.2 Å². The van der Waals surface area contributed by atoms with E-state index in [1.807, 2.05) is 11.2 Å². The van der Waals surface area contributed by atoms with Crippen molar-refractivity contribution >= 4 is 35.1 Å². The van der Waals surface area contributed by atoms with Gasteiger partial charge in [0.2, 0.25) is 5.91 Å². The molecule has 100 valence electrons. The predicted molar refractivity (Wildman–Crippen MR) is 75.1 cm³/mol. The smallest absolute Gasteiger partial charge is 0.236 e. The first kappa shape index (κ1) is 15.0. The summed E-state index contributed by atoms with van der Waals surface area (Å²) in [6.45, 7) is 4.93. The van der Waals surface area contributed by atoms with Crippen LogP contribution in [0.25, 0.3) is 0 Å². The second-order valence-electron chi connectivity index (χ2n) is 4.28. The average Bonchev–Trinajstić information content (AvgIpc) is 2.26. The van der Waals surface area contributed by atoms with Gasteiger partial charge < -0.3 is 10.6 Å². The number of anilines is 1. The van der Waals surface area contributed by atoms with Gasteiger partial charge >= 0.3 is 0 Å². The predicted octanol–water partition coefficient (Wildman–Crippen LogP) is 1.80. The molecular weight excluding hydrogens is 272 g/mol. The molecule has 0 spiro atoms. The first-order chi connectivity index (χ1) is 8.42. The fraction of sp³-hybridized carbons (Fsp3) is 0.545. The van der Waals surface area contributed by atoms with E-state index in [0.29, 0.717) is 28.6 Å². The summed E-state index contributed by atoms with van der Waals surface area (Å²) < 4.78 is 0. The average molecular weight is 289 g/mol. The quantitative estimate of drug-likeness (QED) is 0.491. The van der Waals surface area contributed by atoms with Gasteiger partial charge in [-0.25, -0.2) is 9.97 Å². The van der Waals surface area contributed by atoms with Crippen molar-refractivity contribution in [1.29, 1.82) is 0 Å². The van der Waals surface area contributed by atoms with Crippen LogP contribution in [0.4, 0.5) is 5.82 Å². The summed E-state index contributed by atoms with van der Waals surface area (Å²) in [6.07, 6.45) is 1.87. The van der Waals surface area contributed by atoms with Gasteiger partial charge in [0.25, 0.3) is 0 Å². The molecule has 0 aliphatic carbocycles. The lowest BCUT2D eigenvalue weighted by Crippen LogP contribution is -2.36. The zero-order valence-electron chi connectivity index (χ0n) is 10.7. The van der Waals surface area contributed by atoms with Crippen molar-refractivity contribution < 1.29 is 4.79 Å². The molecule has 0 fully saturated rings. The summed E-state index contributed by atoms with van der Waals surface area (Å²) in [6, 6.07) is 1.65. The van der Waals surface area contributed by atoms with Gasteiger partial charge in [-0.15, -0.1) is 0 Å². The van der Waals surface area contributed by atoms with Crippen LogP contribution in [0.3, 0.4) is 0 Å². The molecule has 1 amide bonds. The van der Waals surface area contributed by atoms with Crippen LogP contribution in [0, 0.1) is 5.92 Å². The Hall–Kier alpha value is -1.01. The summed E-state index contributed by atoms with van der Waals surface area (Å²) in [7, 11) is 0. The molecule has 0 bridgehead atoms. The fourth-order valence-corrected chi connectivity index (χ4v) is 2.11. The molecule has 1 aromatic rings. The molecular formula is C11H17ClN4OS. The van der Waals surface area contributed by atoms with Gasteiger partial charge in [0, 0.05) is 12.6 Å². The molecule has 18 heavy (non-hydrogen) atoms. The number of hydrogen-bond acceptors (Lipinski definition) is 5. The van der Waals surface area contributed by atoms with E-state index in [-0.39, 0.29) is 6.54 Å². The Labute approximate surface area is 116 Å². The number of amides is 1. The van der Waals surface area contributed by atoms with Crippen LogP contribution in [0.5, 0.6) is 0 Å². The molecule has 1 rings (SSSR count). The van der Waals surface area contributed by atoms with E-state index in [9.17, 15) is 4.79 Å². The Morgan fingerprint density at radius 1 is 1.56 bits per heavy atom. The summed E-state index contributed by atoms with van der Waals surface area (Å²) in [5, 5.41) is 0.943. The molecule has 0 unspecified atom stereocenters. The van der Waals surface area contributed by atoms with E-state index in [1.165, 1.54) is 11.8 Å². The highest BCUT2D eigenvalue weighted by atomic mass is 35.5. The maximum atomic E-state index is 11.1. The van der Waals surface area contributed by atoms with Gasteiger partial charge in [0.15, 0.2) is 5.16 Å². The van der Waals surface area contributed by atoms with Gasteiger partial charge in [-0.3, -0.25) is 4.79 Å². The Morgan fingerprint density at radius 3 is 2.72 bits per heavy atom. The summed E-state index contributed by atoms with van der Waals surface area (Å²) in [4.78, 5) is 21.3. The van der Waals surface area contributed by atoms with Crippen molar-refractivity contribution in [2.24, 2.45) is 11.7 Å². The van der Waals surface area contributed by atoms with Crippen molar-refractivity contribution in [3.63, 3.8) is 0 Å². The van der Waals surface area contributed by atoms with Crippen LogP contribution in [0.1, 0.15) is 13.8 Å². The van der Waals surface area contributed by atoms with Gasteiger partial charge in [0.05, 0.1) is 6.54 Å². The molecule has 1 heterocycles. The Morgan fingerprint density at radius 2 is 2.22 bits per heavy atom. The van der Waals surface area contributed by atoms with Crippen LogP contribution >= 0.6 is 23.4 Å². The topological polar surface area (TPSA) is 72.1 Å². The van der Waals surface area contributed by atoms with E-state index in [1.54, 1.807) is 6.07 Å². The van der Waals surface area contributed by atoms with Crippen molar-refractivity contribution in [3.05, 3.63) is 11.2 Å². The molecule has 0 saturated heterocycles. The van der Waals surface area contributed by atoms with Crippen molar-refractivity contribution in [1.82, 2.24) is 9.97 Å². The first-order valence-electron chi connectivity index (χ1n) is 5.54. The lowest BCUT2D eigenvalue weighted by molar-refractivity contribution is -0.116. The van der Waals surface area contributed by atoms with Crippen LogP contribution < -0.4 is 10.6 Å². The van der Waals surface area contributed by atoms with Gasteiger partial charge in [0.1, 0.15) is 11.0 Å². The maximum Gasteiger partial charge on any atom is 0.236 e. The van der Waals surface area contributed by atoms with Crippen LogP contribution in [-0.2, 0) is 4.79 Å². The minimum atomic E-state index is -0.393. The standard InChI is InChI=1S/C11H17ClN4OS/c1-7(2)5-16(6-9(13)17)10-4-8(12)14-11(15-10)18-3/h4,7H,5-6H2,1-3H3,(H2,13,17). The zero-order chi connectivity index (χ0) is 13.7. The number of hydrogen-bond donors (Lipinski definition) is 1. The number of thioether (sulfide) groups is 1. The monoisotopic (exact) mass is 288 g/mol. The lowest BCUT2D eigenvalue weighted by atomic mass is 10.2. The molecule has 0 aliphatic heterocycles. The van der Waals surface area contributed by atoms with E-state index in [0.717, 1.165) is 0 Å². The molecule has 7 heteroatoms. The third kappa shape index (κ3) is 4.70. The second-order valence-corrected chi connectivity index (χ2v) is 5.44. The Balaban J connectivity index is 3.02.